The van der Waals surface area contributed by atoms with Gasteiger partial charge in [-0.1, -0.05) is 40.2 Å². The first-order valence-corrected chi connectivity index (χ1v) is 10.6. The molecule has 2 aromatic heterocycles. The van der Waals surface area contributed by atoms with Gasteiger partial charge >= 0.3 is 0 Å². The Kier molecular flexibility index (Phi) is 6.60. The molecule has 0 bridgehead atoms. The fraction of sp³-hybridized carbons (Fsp3) is 0.182. The number of hydrogen-bond acceptors (Lipinski definition) is 5. The molecule has 0 aliphatic heterocycles. The van der Waals surface area contributed by atoms with E-state index in [0.29, 0.717) is 24.1 Å². The summed E-state index contributed by atoms with van der Waals surface area (Å²) in [6, 6.07) is 13.6. The zero-order valence-electron chi connectivity index (χ0n) is 16.9. The van der Waals surface area contributed by atoms with E-state index in [1.165, 1.54) is 29.2 Å². The summed E-state index contributed by atoms with van der Waals surface area (Å²) in [5.41, 5.74) is 1.23. The number of carbonyl (C=O) groups is 1. The molecule has 8 nitrogen and oxygen atoms in total. The van der Waals surface area contributed by atoms with E-state index in [0.717, 1.165) is 10.0 Å². The largest absolute Gasteiger partial charge is 0.481 e. The molecule has 0 spiro atoms. The van der Waals surface area contributed by atoms with Gasteiger partial charge in [0.1, 0.15) is 11.7 Å². The SMILES string of the molecule is O=C(COc1ccccc1F)NCCn1ncc2c(=O)n(Cc3ccc(Br)cc3)cnc21. The lowest BCUT2D eigenvalue weighted by Crippen LogP contribution is -2.32. The van der Waals surface area contributed by atoms with Gasteiger partial charge in [0.2, 0.25) is 0 Å². The Bertz CT molecular complexity index is 1300. The van der Waals surface area contributed by atoms with Crippen LogP contribution in [-0.4, -0.2) is 38.4 Å². The summed E-state index contributed by atoms with van der Waals surface area (Å²) in [5.74, 6) is -0.904. The van der Waals surface area contributed by atoms with E-state index in [1.807, 2.05) is 24.3 Å². The number of nitrogens with zero attached hydrogens (tertiary/aromatic N) is 4. The average molecular weight is 500 g/mol. The lowest BCUT2D eigenvalue weighted by atomic mass is 10.2. The zero-order chi connectivity index (χ0) is 22.5. The van der Waals surface area contributed by atoms with Crippen molar-refractivity contribution >= 4 is 32.9 Å². The number of rotatable bonds is 8. The van der Waals surface area contributed by atoms with Gasteiger partial charge in [0, 0.05) is 11.0 Å². The van der Waals surface area contributed by atoms with Gasteiger partial charge in [-0.2, -0.15) is 5.10 Å². The molecule has 4 aromatic rings. The summed E-state index contributed by atoms with van der Waals surface area (Å²) >= 11 is 3.39. The fourth-order valence-corrected chi connectivity index (χ4v) is 3.38. The number of amides is 1. The Hall–Kier alpha value is -3.53. The van der Waals surface area contributed by atoms with Crippen LogP contribution in [0.3, 0.4) is 0 Å². The highest BCUT2D eigenvalue weighted by Crippen LogP contribution is 2.15. The Morgan fingerprint density at radius 2 is 1.94 bits per heavy atom. The van der Waals surface area contributed by atoms with Crippen molar-refractivity contribution in [2.45, 2.75) is 13.1 Å². The predicted molar refractivity (Wildman–Crippen MR) is 120 cm³/mol. The predicted octanol–water partition coefficient (Wildman–Crippen LogP) is 2.74. The number of para-hydroxylation sites is 1. The molecule has 2 aromatic carbocycles. The number of nitrogens with one attached hydrogen (secondary N) is 1. The van der Waals surface area contributed by atoms with Gasteiger partial charge in [-0.15, -0.1) is 0 Å². The van der Waals surface area contributed by atoms with Crippen molar-refractivity contribution in [3.8, 4) is 5.75 Å². The van der Waals surface area contributed by atoms with Gasteiger partial charge in [-0.25, -0.2) is 14.1 Å². The number of aromatic nitrogens is 4. The van der Waals surface area contributed by atoms with Crippen molar-refractivity contribution in [1.29, 1.82) is 0 Å². The highest BCUT2D eigenvalue weighted by atomic mass is 79.9. The van der Waals surface area contributed by atoms with Crippen LogP contribution in [0.1, 0.15) is 5.56 Å². The molecule has 164 valence electrons. The zero-order valence-corrected chi connectivity index (χ0v) is 18.5. The van der Waals surface area contributed by atoms with Crippen LogP contribution in [0, 0.1) is 5.82 Å². The second-order valence-electron chi connectivity index (χ2n) is 6.98. The lowest BCUT2D eigenvalue weighted by Gasteiger charge is -2.09. The first kappa shape index (κ1) is 21.7. The van der Waals surface area contributed by atoms with Crippen LogP contribution in [0.2, 0.25) is 0 Å². The minimum atomic E-state index is -0.528. The van der Waals surface area contributed by atoms with Crippen molar-refractivity contribution in [2.75, 3.05) is 13.2 Å². The van der Waals surface area contributed by atoms with E-state index in [-0.39, 0.29) is 24.5 Å². The Morgan fingerprint density at radius 1 is 1.16 bits per heavy atom. The molecule has 10 heteroatoms. The average Bonchev–Trinajstić information content (AvgIpc) is 3.20. The fourth-order valence-electron chi connectivity index (χ4n) is 3.12. The minimum Gasteiger partial charge on any atom is -0.481 e. The third-order valence-corrected chi connectivity index (χ3v) is 5.26. The maximum absolute atomic E-state index is 13.5. The molecule has 0 aliphatic rings. The van der Waals surface area contributed by atoms with Gasteiger partial charge in [-0.05, 0) is 29.8 Å². The molecule has 0 saturated heterocycles. The van der Waals surface area contributed by atoms with E-state index in [9.17, 15) is 14.0 Å². The molecular weight excluding hydrogens is 481 g/mol. The van der Waals surface area contributed by atoms with E-state index in [4.69, 9.17) is 4.74 Å². The molecule has 1 amide bonds. The first-order chi connectivity index (χ1) is 15.5. The third kappa shape index (κ3) is 5.02. The molecule has 2 heterocycles. The van der Waals surface area contributed by atoms with Crippen molar-refractivity contribution in [1.82, 2.24) is 24.6 Å². The van der Waals surface area contributed by atoms with Crippen molar-refractivity contribution in [3.05, 3.63) is 87.3 Å². The van der Waals surface area contributed by atoms with Gasteiger partial charge in [0.15, 0.2) is 23.8 Å². The third-order valence-electron chi connectivity index (χ3n) is 4.73. The number of benzene rings is 2. The monoisotopic (exact) mass is 499 g/mol. The molecule has 32 heavy (non-hydrogen) atoms. The van der Waals surface area contributed by atoms with E-state index in [2.05, 4.69) is 31.3 Å². The topological polar surface area (TPSA) is 91.0 Å². The standard InChI is InChI=1S/C22H19BrFN5O3/c23-16-7-5-15(6-8-16)12-28-14-26-21-17(22(28)31)11-27-29(21)10-9-25-20(30)13-32-19-4-2-1-3-18(19)24/h1-8,11,14H,9-10,12-13H2,(H,25,30). The van der Waals surface area contributed by atoms with Crippen molar-refractivity contribution in [2.24, 2.45) is 0 Å². The van der Waals surface area contributed by atoms with Gasteiger partial charge in [-0.3, -0.25) is 14.2 Å². The lowest BCUT2D eigenvalue weighted by molar-refractivity contribution is -0.123. The Morgan fingerprint density at radius 3 is 2.72 bits per heavy atom. The van der Waals surface area contributed by atoms with Crippen molar-refractivity contribution < 1.29 is 13.9 Å². The molecule has 0 fully saturated rings. The second-order valence-corrected chi connectivity index (χ2v) is 7.89. The molecule has 0 atom stereocenters. The van der Waals surface area contributed by atoms with E-state index in [1.54, 1.807) is 16.8 Å². The summed E-state index contributed by atoms with van der Waals surface area (Å²) in [4.78, 5) is 29.1. The molecule has 0 radical (unpaired) electrons. The van der Waals surface area contributed by atoms with Crippen LogP contribution in [0.25, 0.3) is 11.0 Å². The van der Waals surface area contributed by atoms with Crippen molar-refractivity contribution in [3.63, 3.8) is 0 Å². The summed E-state index contributed by atoms with van der Waals surface area (Å²) in [5, 5.41) is 7.30. The number of carbonyl (C=O) groups excluding carboxylic acids is 1. The maximum atomic E-state index is 13.5. The molecule has 0 saturated carbocycles. The van der Waals surface area contributed by atoms with E-state index < -0.39 is 11.7 Å². The highest BCUT2D eigenvalue weighted by molar-refractivity contribution is 9.10. The Labute approximate surface area is 190 Å². The van der Waals surface area contributed by atoms with Gasteiger partial charge in [0.05, 0.1) is 19.3 Å². The number of hydrogen-bond donors (Lipinski definition) is 1. The maximum Gasteiger partial charge on any atom is 0.264 e. The van der Waals surface area contributed by atoms with E-state index >= 15 is 0 Å². The smallest absolute Gasteiger partial charge is 0.264 e. The quantitative estimate of drug-likeness (QED) is 0.402. The molecule has 4 rings (SSSR count). The summed E-state index contributed by atoms with van der Waals surface area (Å²) in [7, 11) is 0. The summed E-state index contributed by atoms with van der Waals surface area (Å²) in [6.07, 6.45) is 2.97. The van der Waals surface area contributed by atoms with Crippen LogP contribution >= 0.6 is 15.9 Å². The minimum absolute atomic E-state index is 0.0179. The number of ether oxygens (including phenoxy) is 1. The van der Waals surface area contributed by atoms with Crippen LogP contribution in [-0.2, 0) is 17.9 Å². The highest BCUT2D eigenvalue weighted by Gasteiger charge is 2.11. The summed E-state index contributed by atoms with van der Waals surface area (Å²) < 4.78 is 22.7. The Balaban J connectivity index is 1.35. The molecule has 1 N–H and O–H groups in total. The molecule has 0 unspecified atom stereocenters. The second kappa shape index (κ2) is 9.73. The van der Waals surface area contributed by atoms with Crippen LogP contribution in [0.15, 0.2) is 70.3 Å². The first-order valence-electron chi connectivity index (χ1n) is 9.80. The van der Waals surface area contributed by atoms with Crippen LogP contribution in [0.5, 0.6) is 5.75 Å². The number of halogens is 2. The number of fused-ring (bicyclic) bond motifs is 1. The molecule has 0 aliphatic carbocycles. The van der Waals surface area contributed by atoms with Crippen LogP contribution in [0.4, 0.5) is 4.39 Å². The summed E-state index contributed by atoms with van der Waals surface area (Å²) in [6.45, 7) is 0.663. The van der Waals surface area contributed by atoms with Crippen LogP contribution < -0.4 is 15.6 Å². The normalized spacial score (nSPS) is 10.9. The van der Waals surface area contributed by atoms with Gasteiger partial charge < -0.3 is 10.1 Å². The van der Waals surface area contributed by atoms with Gasteiger partial charge in [0.25, 0.3) is 11.5 Å². The molecular formula is C22H19BrFN5O3.